The third-order valence-corrected chi connectivity index (χ3v) is 4.72. The van der Waals surface area contributed by atoms with Gasteiger partial charge in [-0.05, 0) is 88.2 Å². The molecular formula is C23H26N2O. The van der Waals surface area contributed by atoms with E-state index >= 15 is 0 Å². The number of rotatable bonds is 5. The first kappa shape index (κ1) is 18.0. The lowest BCUT2D eigenvalue weighted by molar-refractivity contribution is 0.340. The third kappa shape index (κ3) is 3.72. The van der Waals surface area contributed by atoms with Gasteiger partial charge in [-0.15, -0.1) is 0 Å². The maximum absolute atomic E-state index is 5.54. The summed E-state index contributed by atoms with van der Waals surface area (Å²) in [5, 5.41) is 0. The van der Waals surface area contributed by atoms with Crippen LogP contribution in [-0.2, 0) is 0 Å². The second kappa shape index (κ2) is 7.61. The van der Waals surface area contributed by atoms with E-state index in [0.29, 0.717) is 6.61 Å². The number of aliphatic imine (C=N–C) groups is 1. The average molecular weight is 346 g/mol. The van der Waals surface area contributed by atoms with E-state index in [4.69, 9.17) is 4.74 Å². The Balaban J connectivity index is 1.90. The molecule has 3 aromatic rings. The Morgan fingerprint density at radius 2 is 1.65 bits per heavy atom. The fourth-order valence-corrected chi connectivity index (χ4v) is 3.12. The Bertz CT molecular complexity index is 934. The molecule has 3 nitrogen and oxygen atoms in total. The van der Waals surface area contributed by atoms with Crippen molar-refractivity contribution in [2.45, 2.75) is 34.6 Å². The van der Waals surface area contributed by atoms with Gasteiger partial charge in [0.05, 0.1) is 12.3 Å². The fourth-order valence-electron chi connectivity index (χ4n) is 3.12. The topological polar surface area (TPSA) is 26.5 Å². The molecule has 0 saturated heterocycles. The molecule has 0 N–H and O–H groups in total. The van der Waals surface area contributed by atoms with Crippen LogP contribution < -0.4 is 4.74 Å². The standard InChI is InChI=1S/C23H26N2O/c1-6-26-23-11-9-22(10-12-23)25-18(4)14-20(19(25)5)15-24-21-8-7-16(2)17(3)13-21/h7-15H,6H2,1-5H3. The van der Waals surface area contributed by atoms with Crippen LogP contribution in [0.1, 0.15) is 35.0 Å². The molecule has 0 aliphatic heterocycles. The molecule has 0 aliphatic rings. The van der Waals surface area contributed by atoms with Crippen LogP contribution in [-0.4, -0.2) is 17.4 Å². The lowest BCUT2D eigenvalue weighted by Crippen LogP contribution is -2.00. The van der Waals surface area contributed by atoms with Gasteiger partial charge in [-0.25, -0.2) is 0 Å². The normalized spacial score (nSPS) is 11.3. The largest absolute Gasteiger partial charge is 0.494 e. The van der Waals surface area contributed by atoms with E-state index in [-0.39, 0.29) is 0 Å². The Morgan fingerprint density at radius 3 is 2.31 bits per heavy atom. The van der Waals surface area contributed by atoms with Gasteiger partial charge in [0.25, 0.3) is 0 Å². The summed E-state index contributed by atoms with van der Waals surface area (Å²) in [7, 11) is 0. The molecule has 0 saturated carbocycles. The molecule has 3 rings (SSSR count). The van der Waals surface area contributed by atoms with Crippen LogP contribution in [0.3, 0.4) is 0 Å². The van der Waals surface area contributed by atoms with Crippen LogP contribution >= 0.6 is 0 Å². The molecule has 134 valence electrons. The summed E-state index contributed by atoms with van der Waals surface area (Å²) in [4.78, 5) is 4.67. The molecule has 26 heavy (non-hydrogen) atoms. The highest BCUT2D eigenvalue weighted by atomic mass is 16.5. The fraction of sp³-hybridized carbons (Fsp3) is 0.261. The minimum absolute atomic E-state index is 0.681. The van der Waals surface area contributed by atoms with Crippen molar-refractivity contribution in [1.29, 1.82) is 0 Å². The van der Waals surface area contributed by atoms with Crippen LogP contribution in [0.4, 0.5) is 5.69 Å². The van der Waals surface area contributed by atoms with Crippen LogP contribution in [0, 0.1) is 27.7 Å². The minimum Gasteiger partial charge on any atom is -0.494 e. The zero-order valence-electron chi connectivity index (χ0n) is 16.2. The smallest absolute Gasteiger partial charge is 0.119 e. The molecule has 0 bridgehead atoms. The number of hydrogen-bond donors (Lipinski definition) is 0. The summed E-state index contributed by atoms with van der Waals surface area (Å²) >= 11 is 0. The van der Waals surface area contributed by atoms with Gasteiger partial charge in [0.1, 0.15) is 5.75 Å². The molecule has 0 aliphatic carbocycles. The van der Waals surface area contributed by atoms with Crippen molar-refractivity contribution in [1.82, 2.24) is 4.57 Å². The van der Waals surface area contributed by atoms with Crippen LogP contribution in [0.25, 0.3) is 5.69 Å². The van der Waals surface area contributed by atoms with E-state index in [1.54, 1.807) is 0 Å². The number of aryl methyl sites for hydroxylation is 3. The van der Waals surface area contributed by atoms with Gasteiger partial charge < -0.3 is 9.30 Å². The van der Waals surface area contributed by atoms with Crippen molar-refractivity contribution in [3.05, 3.63) is 76.6 Å². The van der Waals surface area contributed by atoms with E-state index in [9.17, 15) is 0 Å². The van der Waals surface area contributed by atoms with Crippen molar-refractivity contribution < 1.29 is 4.74 Å². The zero-order chi connectivity index (χ0) is 18.7. The monoisotopic (exact) mass is 346 g/mol. The first-order valence-corrected chi connectivity index (χ1v) is 9.03. The first-order valence-electron chi connectivity index (χ1n) is 9.03. The summed E-state index contributed by atoms with van der Waals surface area (Å²) in [5.41, 5.74) is 8.17. The van der Waals surface area contributed by atoms with Crippen LogP contribution in [0.2, 0.25) is 0 Å². The molecule has 2 aromatic carbocycles. The van der Waals surface area contributed by atoms with E-state index in [0.717, 1.165) is 22.7 Å². The molecule has 1 heterocycles. The van der Waals surface area contributed by atoms with Gasteiger partial charge in [-0.1, -0.05) is 6.07 Å². The zero-order valence-corrected chi connectivity index (χ0v) is 16.2. The quantitative estimate of drug-likeness (QED) is 0.531. The summed E-state index contributed by atoms with van der Waals surface area (Å²) < 4.78 is 7.79. The van der Waals surface area contributed by atoms with Crippen LogP contribution in [0.15, 0.2) is 53.5 Å². The van der Waals surface area contributed by atoms with Gasteiger partial charge in [0.15, 0.2) is 0 Å². The number of aromatic nitrogens is 1. The molecule has 0 fully saturated rings. The van der Waals surface area contributed by atoms with Crippen molar-refractivity contribution >= 4 is 11.9 Å². The first-order chi connectivity index (χ1) is 12.5. The maximum atomic E-state index is 5.54. The Kier molecular flexibility index (Phi) is 5.27. The highest BCUT2D eigenvalue weighted by molar-refractivity contribution is 5.84. The molecule has 3 heteroatoms. The van der Waals surface area contributed by atoms with Crippen molar-refractivity contribution in [3.8, 4) is 11.4 Å². The molecular weight excluding hydrogens is 320 g/mol. The van der Waals surface area contributed by atoms with Crippen molar-refractivity contribution in [3.63, 3.8) is 0 Å². The summed E-state index contributed by atoms with van der Waals surface area (Å²) in [6.07, 6.45) is 1.96. The maximum Gasteiger partial charge on any atom is 0.119 e. The van der Waals surface area contributed by atoms with E-state index < -0.39 is 0 Å². The Morgan fingerprint density at radius 1 is 0.923 bits per heavy atom. The lowest BCUT2D eigenvalue weighted by atomic mass is 10.1. The Hall–Kier alpha value is -2.81. The van der Waals surface area contributed by atoms with Gasteiger partial charge in [0.2, 0.25) is 0 Å². The molecule has 0 atom stereocenters. The SMILES string of the molecule is CCOc1ccc(-n2c(C)cc(C=Nc3ccc(C)c(C)c3)c2C)cc1. The van der Waals surface area contributed by atoms with E-state index in [2.05, 4.69) is 73.7 Å². The summed E-state index contributed by atoms with van der Waals surface area (Å²) in [6.45, 7) is 11.2. The minimum atomic E-state index is 0.681. The van der Waals surface area contributed by atoms with Crippen LogP contribution in [0.5, 0.6) is 5.75 Å². The Labute approximate surface area is 156 Å². The molecule has 0 unspecified atom stereocenters. The van der Waals surface area contributed by atoms with Gasteiger partial charge in [-0.2, -0.15) is 0 Å². The lowest BCUT2D eigenvalue weighted by Gasteiger charge is -2.11. The van der Waals surface area contributed by atoms with Gasteiger partial charge in [-0.3, -0.25) is 4.99 Å². The summed E-state index contributed by atoms with van der Waals surface area (Å²) in [5.74, 6) is 0.898. The third-order valence-electron chi connectivity index (χ3n) is 4.72. The highest BCUT2D eigenvalue weighted by Crippen LogP contribution is 2.23. The van der Waals surface area contributed by atoms with Gasteiger partial charge in [0, 0.05) is 28.9 Å². The van der Waals surface area contributed by atoms with Crippen molar-refractivity contribution in [2.24, 2.45) is 4.99 Å². The summed E-state index contributed by atoms with van der Waals surface area (Å²) in [6, 6.07) is 16.7. The molecule has 1 aromatic heterocycles. The second-order valence-electron chi connectivity index (χ2n) is 6.62. The van der Waals surface area contributed by atoms with Crippen molar-refractivity contribution in [2.75, 3.05) is 6.61 Å². The molecule has 0 amide bonds. The number of ether oxygens (including phenoxy) is 1. The van der Waals surface area contributed by atoms with Gasteiger partial charge >= 0.3 is 0 Å². The number of nitrogens with zero attached hydrogens (tertiary/aromatic N) is 2. The number of hydrogen-bond acceptors (Lipinski definition) is 2. The highest BCUT2D eigenvalue weighted by Gasteiger charge is 2.09. The van der Waals surface area contributed by atoms with E-state index in [1.165, 1.54) is 22.5 Å². The number of benzene rings is 2. The molecule has 0 radical (unpaired) electrons. The molecule has 0 spiro atoms. The predicted octanol–water partition coefficient (Wildman–Crippen LogP) is 5.86. The second-order valence-corrected chi connectivity index (χ2v) is 6.62. The average Bonchev–Trinajstić information content (AvgIpc) is 2.91. The van der Waals surface area contributed by atoms with E-state index in [1.807, 2.05) is 25.3 Å². The predicted molar refractivity (Wildman–Crippen MR) is 110 cm³/mol.